The van der Waals surface area contributed by atoms with E-state index in [0.29, 0.717) is 23.4 Å². The van der Waals surface area contributed by atoms with Crippen molar-refractivity contribution in [3.8, 4) is 16.9 Å². The molecule has 0 radical (unpaired) electrons. The molecule has 1 aromatic carbocycles. The number of fused-ring (bicyclic) bond motifs is 1. The number of amides is 1. The van der Waals surface area contributed by atoms with Gasteiger partial charge in [0, 0.05) is 38.3 Å². The van der Waals surface area contributed by atoms with Crippen molar-refractivity contribution in [2.24, 2.45) is 0 Å². The molecule has 1 amide bonds. The fourth-order valence-corrected chi connectivity index (χ4v) is 6.09. The Balaban J connectivity index is 1.76. The van der Waals surface area contributed by atoms with Crippen molar-refractivity contribution in [2.75, 3.05) is 31.1 Å². The van der Waals surface area contributed by atoms with E-state index in [1.807, 2.05) is 25.7 Å². The molecule has 13 heteroatoms. The molecular formula is C35H39ClF2N6O4. The molecule has 1 saturated heterocycles. The van der Waals surface area contributed by atoms with E-state index in [-0.39, 0.29) is 71.3 Å². The molecule has 0 N–H and O–H groups in total. The maximum Gasteiger partial charge on any atom is 0.410 e. The van der Waals surface area contributed by atoms with Gasteiger partial charge in [-0.1, -0.05) is 38.1 Å². The van der Waals surface area contributed by atoms with Crippen molar-refractivity contribution >= 4 is 34.5 Å². The zero-order valence-corrected chi connectivity index (χ0v) is 28.6. The normalized spacial score (nSPS) is 15.2. The Hall–Kier alpha value is -4.58. The van der Waals surface area contributed by atoms with Crippen LogP contribution in [0.15, 0.2) is 54.2 Å². The molecule has 1 aliphatic heterocycles. The minimum atomic E-state index is -0.849. The molecule has 1 unspecified atom stereocenters. The summed E-state index contributed by atoms with van der Waals surface area (Å²) in [6.07, 6.45) is 2.92. The predicted octanol–water partition coefficient (Wildman–Crippen LogP) is 7.05. The second-order valence-corrected chi connectivity index (χ2v) is 13.4. The Labute approximate surface area is 283 Å². The first-order chi connectivity index (χ1) is 22.7. The second-order valence-electron chi connectivity index (χ2n) is 13.0. The summed E-state index contributed by atoms with van der Waals surface area (Å²) in [7, 11) is 0. The van der Waals surface area contributed by atoms with Crippen LogP contribution in [0.4, 0.5) is 19.4 Å². The summed E-state index contributed by atoms with van der Waals surface area (Å²) in [6.45, 7) is 15.8. The Morgan fingerprint density at radius 2 is 1.92 bits per heavy atom. The molecular weight excluding hydrogens is 642 g/mol. The van der Waals surface area contributed by atoms with E-state index in [2.05, 4.69) is 21.5 Å². The van der Waals surface area contributed by atoms with Gasteiger partial charge in [-0.25, -0.2) is 27.9 Å². The van der Waals surface area contributed by atoms with Crippen LogP contribution in [-0.4, -0.2) is 68.4 Å². The Kier molecular flexibility index (Phi) is 10.0. The molecule has 254 valence electrons. The smallest absolute Gasteiger partial charge is 0.410 e. The van der Waals surface area contributed by atoms with Crippen molar-refractivity contribution in [3.05, 3.63) is 87.8 Å². The van der Waals surface area contributed by atoms with Gasteiger partial charge in [0.25, 0.3) is 0 Å². The quantitative estimate of drug-likeness (QED) is 0.144. The summed E-state index contributed by atoms with van der Waals surface area (Å²) < 4.78 is 43.6. The first-order valence-electron chi connectivity index (χ1n) is 15.7. The van der Waals surface area contributed by atoms with Crippen LogP contribution < -0.4 is 10.6 Å². The number of nitrogens with zero attached hydrogens (tertiary/aromatic N) is 6. The zero-order chi connectivity index (χ0) is 34.9. The zero-order valence-electron chi connectivity index (χ0n) is 27.9. The molecule has 0 bridgehead atoms. The van der Waals surface area contributed by atoms with Gasteiger partial charge >= 0.3 is 11.8 Å². The van der Waals surface area contributed by atoms with Gasteiger partial charge in [0.1, 0.15) is 22.9 Å². The Morgan fingerprint density at radius 3 is 2.56 bits per heavy atom. The van der Waals surface area contributed by atoms with Crippen molar-refractivity contribution in [3.63, 3.8) is 0 Å². The molecule has 0 aliphatic carbocycles. The van der Waals surface area contributed by atoms with E-state index >= 15 is 8.78 Å². The largest absolute Gasteiger partial charge is 0.501 e. The summed E-state index contributed by atoms with van der Waals surface area (Å²) in [4.78, 5) is 44.3. The number of carbonyl (C=O) groups is 1. The number of pyridine rings is 2. The average Bonchev–Trinajstić information content (AvgIpc) is 3.00. The number of ether oxygens (including phenoxy) is 2. The molecule has 1 aliphatic rings. The van der Waals surface area contributed by atoms with Crippen LogP contribution in [0.3, 0.4) is 0 Å². The minimum absolute atomic E-state index is 0.0395. The monoisotopic (exact) mass is 680 g/mol. The fourth-order valence-electron chi connectivity index (χ4n) is 5.84. The lowest BCUT2D eigenvalue weighted by Gasteiger charge is -2.41. The van der Waals surface area contributed by atoms with Gasteiger partial charge < -0.3 is 19.3 Å². The summed E-state index contributed by atoms with van der Waals surface area (Å²) >= 11 is 6.38. The van der Waals surface area contributed by atoms with Gasteiger partial charge in [-0.3, -0.25) is 4.98 Å². The van der Waals surface area contributed by atoms with E-state index in [1.165, 1.54) is 35.1 Å². The summed E-state index contributed by atoms with van der Waals surface area (Å²) in [6, 6.07) is 6.67. The molecule has 1 atom stereocenters. The second kappa shape index (κ2) is 13.9. The molecule has 1 fully saturated rings. The number of hydrogen-bond donors (Lipinski definition) is 0. The van der Waals surface area contributed by atoms with Gasteiger partial charge in [-0.05, 0) is 63.4 Å². The van der Waals surface area contributed by atoms with Crippen LogP contribution in [0.5, 0.6) is 0 Å². The highest BCUT2D eigenvalue weighted by Crippen LogP contribution is 2.36. The summed E-state index contributed by atoms with van der Waals surface area (Å²) in [5.74, 6) is -1.57. The molecule has 3 aromatic heterocycles. The van der Waals surface area contributed by atoms with Crippen LogP contribution >= 0.6 is 11.6 Å². The number of rotatable bonds is 8. The van der Waals surface area contributed by atoms with Gasteiger partial charge in [-0.15, -0.1) is 0 Å². The van der Waals surface area contributed by atoms with Crippen molar-refractivity contribution < 1.29 is 23.0 Å². The Bertz CT molecular complexity index is 1910. The lowest BCUT2D eigenvalue weighted by Crippen LogP contribution is -2.55. The molecule has 10 nitrogen and oxygen atoms in total. The third kappa shape index (κ3) is 6.99. The number of hydrogen-bond acceptors (Lipinski definition) is 8. The van der Waals surface area contributed by atoms with E-state index in [1.54, 1.807) is 37.9 Å². The molecule has 5 rings (SSSR count). The first-order valence-corrected chi connectivity index (χ1v) is 16.1. The number of aromatic nitrogens is 4. The summed E-state index contributed by atoms with van der Waals surface area (Å²) in [5.41, 5.74) is -0.172. The Morgan fingerprint density at radius 1 is 1.17 bits per heavy atom. The van der Waals surface area contributed by atoms with E-state index in [4.69, 9.17) is 21.1 Å². The topological polar surface area (TPSA) is 103 Å². The van der Waals surface area contributed by atoms with Crippen molar-refractivity contribution in [1.29, 1.82) is 0 Å². The molecule has 4 heterocycles. The SMILES string of the molecule is C=COCCc1ccnc(C(C)C)c1-n1c(=O)nc(N2CCN(C(=O)OC(C)(C)C)CC2C)c2cc(F)c(-c3c(F)cccc3Cl)nc21. The van der Waals surface area contributed by atoms with Crippen molar-refractivity contribution in [2.45, 2.75) is 65.5 Å². The first kappa shape index (κ1) is 34.7. The van der Waals surface area contributed by atoms with Gasteiger partial charge in [0.15, 0.2) is 11.5 Å². The van der Waals surface area contributed by atoms with E-state index in [9.17, 15) is 9.59 Å². The lowest BCUT2D eigenvalue weighted by molar-refractivity contribution is 0.0218. The highest BCUT2D eigenvalue weighted by atomic mass is 35.5. The van der Waals surface area contributed by atoms with E-state index < -0.39 is 29.0 Å². The molecule has 0 spiro atoms. The van der Waals surface area contributed by atoms with Gasteiger partial charge in [-0.2, -0.15) is 4.98 Å². The minimum Gasteiger partial charge on any atom is -0.501 e. The average molecular weight is 681 g/mol. The third-order valence-corrected chi connectivity index (χ3v) is 8.28. The number of halogens is 3. The fraction of sp³-hybridized carbons (Fsp3) is 0.400. The lowest BCUT2D eigenvalue weighted by atomic mass is 10.0. The van der Waals surface area contributed by atoms with Crippen LogP contribution in [-0.2, 0) is 15.9 Å². The number of benzene rings is 1. The highest BCUT2D eigenvalue weighted by Gasteiger charge is 2.33. The third-order valence-electron chi connectivity index (χ3n) is 7.97. The maximum atomic E-state index is 16.1. The highest BCUT2D eigenvalue weighted by molar-refractivity contribution is 6.33. The number of carbonyl (C=O) groups excluding carboxylic acids is 1. The van der Waals surface area contributed by atoms with Crippen LogP contribution in [0, 0.1) is 11.6 Å². The van der Waals surface area contributed by atoms with Crippen LogP contribution in [0.2, 0.25) is 5.02 Å². The standard InChI is InChI=1S/C35H39ClF2N6O4/c1-8-47-17-13-22-12-14-39-28(20(2)3)30(22)44-32-23(18-26(38)29(40-32)27-24(36)10-9-11-25(27)37)31(41-33(44)45)43-16-15-42(19-21(43)4)34(46)48-35(5,6)7/h8-12,14,18,20-21H,1,13,15-17,19H2,2-7H3. The predicted molar refractivity (Wildman–Crippen MR) is 182 cm³/mol. The van der Waals surface area contributed by atoms with Crippen molar-refractivity contribution in [1.82, 2.24) is 24.4 Å². The summed E-state index contributed by atoms with van der Waals surface area (Å²) in [5, 5.41) is 0.176. The molecule has 48 heavy (non-hydrogen) atoms. The maximum absolute atomic E-state index is 16.1. The number of piperazine rings is 1. The number of anilines is 1. The van der Waals surface area contributed by atoms with Crippen LogP contribution in [0.1, 0.15) is 58.7 Å². The van der Waals surface area contributed by atoms with Gasteiger partial charge in [0.05, 0.1) is 40.2 Å². The van der Waals surface area contributed by atoms with Gasteiger partial charge in [0.2, 0.25) is 0 Å². The molecule has 4 aromatic rings. The van der Waals surface area contributed by atoms with E-state index in [0.717, 1.165) is 0 Å². The molecule has 0 saturated carbocycles. The van der Waals surface area contributed by atoms with Crippen LogP contribution in [0.25, 0.3) is 28.0 Å².